The second kappa shape index (κ2) is 2.62. The molecule has 1 heterocycles. The van der Waals surface area contributed by atoms with E-state index in [9.17, 15) is 0 Å². The van der Waals surface area contributed by atoms with E-state index >= 15 is 0 Å². The summed E-state index contributed by atoms with van der Waals surface area (Å²) in [6, 6.07) is 0.343. The van der Waals surface area contributed by atoms with Gasteiger partial charge in [-0.2, -0.15) is 0 Å². The van der Waals surface area contributed by atoms with Gasteiger partial charge in [0.05, 0.1) is 0 Å². The van der Waals surface area contributed by atoms with Gasteiger partial charge >= 0.3 is 0 Å². The molecule has 58 valence electrons. The van der Waals surface area contributed by atoms with Crippen LogP contribution in [0.25, 0.3) is 0 Å². The zero-order valence-electron chi connectivity index (χ0n) is 6.80. The van der Waals surface area contributed by atoms with Gasteiger partial charge in [-0.3, -0.25) is 0 Å². The van der Waals surface area contributed by atoms with Gasteiger partial charge in [0, 0.05) is 30.7 Å². The summed E-state index contributed by atoms with van der Waals surface area (Å²) >= 11 is 0. The zero-order valence-corrected chi connectivity index (χ0v) is 6.80. The summed E-state index contributed by atoms with van der Waals surface area (Å²) in [7, 11) is 0. The summed E-state index contributed by atoms with van der Waals surface area (Å²) in [6.45, 7) is 10.2. The topological polar surface area (TPSA) is 29.3 Å². The first-order valence-corrected chi connectivity index (χ1v) is 3.77. The molecule has 1 aliphatic heterocycles. The van der Waals surface area contributed by atoms with Gasteiger partial charge in [0.25, 0.3) is 0 Å². The summed E-state index contributed by atoms with van der Waals surface area (Å²) in [5.74, 6) is 0.691. The van der Waals surface area contributed by atoms with Crippen molar-refractivity contribution >= 4 is 0 Å². The third kappa shape index (κ3) is 1.32. The fourth-order valence-electron chi connectivity index (χ4n) is 1.16. The summed E-state index contributed by atoms with van der Waals surface area (Å²) < 4.78 is 0. The fourth-order valence-corrected chi connectivity index (χ4v) is 1.16. The lowest BCUT2D eigenvalue weighted by molar-refractivity contribution is 0.126. The molecule has 2 nitrogen and oxygen atoms in total. The van der Waals surface area contributed by atoms with E-state index in [1.165, 1.54) is 0 Å². The minimum atomic E-state index is 0.343. The Morgan fingerprint density at radius 2 is 2.20 bits per heavy atom. The minimum absolute atomic E-state index is 0.343. The van der Waals surface area contributed by atoms with Crippen LogP contribution in [-0.2, 0) is 0 Å². The van der Waals surface area contributed by atoms with Crippen LogP contribution in [0.5, 0.6) is 0 Å². The number of allylic oxidation sites excluding steroid dienone is 1. The predicted octanol–water partition coefficient (Wildman–Crippen LogP) is 0.799. The molecule has 0 bridgehead atoms. The Hall–Kier alpha value is -0.500. The molecule has 0 aromatic carbocycles. The maximum Gasteiger partial charge on any atom is 0.0234 e. The van der Waals surface area contributed by atoms with Crippen molar-refractivity contribution in [2.24, 2.45) is 11.7 Å². The van der Waals surface area contributed by atoms with Crippen molar-refractivity contribution in [3.8, 4) is 0 Å². The monoisotopic (exact) mass is 140 g/mol. The van der Waals surface area contributed by atoms with E-state index in [0.717, 1.165) is 18.8 Å². The molecule has 2 heteroatoms. The highest BCUT2D eigenvalue weighted by molar-refractivity contribution is 4.98. The van der Waals surface area contributed by atoms with E-state index in [4.69, 9.17) is 5.73 Å². The van der Waals surface area contributed by atoms with E-state index in [0.29, 0.717) is 12.0 Å². The molecule has 1 saturated heterocycles. The van der Waals surface area contributed by atoms with Crippen LogP contribution >= 0.6 is 0 Å². The molecule has 1 fully saturated rings. The molecular formula is C8H16N2. The Kier molecular flexibility index (Phi) is 2.00. The Morgan fingerprint density at radius 1 is 1.70 bits per heavy atom. The van der Waals surface area contributed by atoms with Crippen molar-refractivity contribution in [1.29, 1.82) is 0 Å². The second-order valence-corrected chi connectivity index (χ2v) is 3.26. The average Bonchev–Trinajstić information content (AvgIpc) is 1.56. The van der Waals surface area contributed by atoms with Gasteiger partial charge in [-0.25, -0.2) is 0 Å². The highest BCUT2D eigenvalue weighted by Crippen LogP contribution is 2.21. The number of hydrogen-bond donors (Lipinski definition) is 1. The maximum absolute atomic E-state index is 5.70. The first-order valence-electron chi connectivity index (χ1n) is 3.77. The molecule has 0 aromatic heterocycles. The number of nitrogens with zero attached hydrogens (tertiary/aromatic N) is 1. The lowest BCUT2D eigenvalue weighted by Gasteiger charge is -2.43. The number of rotatable bonds is 2. The van der Waals surface area contributed by atoms with Crippen LogP contribution < -0.4 is 5.73 Å². The number of likely N-dealkylation sites (tertiary alicyclic amines) is 1. The van der Waals surface area contributed by atoms with Crippen LogP contribution in [0.4, 0.5) is 0 Å². The van der Waals surface area contributed by atoms with Crippen molar-refractivity contribution in [2.45, 2.75) is 19.9 Å². The SMILES string of the molecule is C=C(C)N1CC(C(C)N)C1. The van der Waals surface area contributed by atoms with E-state index in [2.05, 4.69) is 18.4 Å². The normalized spacial score (nSPS) is 22.1. The van der Waals surface area contributed by atoms with Crippen molar-refractivity contribution in [3.05, 3.63) is 12.3 Å². The van der Waals surface area contributed by atoms with E-state index in [1.54, 1.807) is 0 Å². The van der Waals surface area contributed by atoms with Crippen LogP contribution in [0.3, 0.4) is 0 Å². The van der Waals surface area contributed by atoms with Crippen molar-refractivity contribution in [2.75, 3.05) is 13.1 Å². The van der Waals surface area contributed by atoms with Crippen molar-refractivity contribution < 1.29 is 0 Å². The molecule has 10 heavy (non-hydrogen) atoms. The average molecular weight is 140 g/mol. The van der Waals surface area contributed by atoms with Gasteiger partial charge in [-0.1, -0.05) is 6.58 Å². The third-order valence-corrected chi connectivity index (χ3v) is 2.19. The highest BCUT2D eigenvalue weighted by Gasteiger charge is 2.28. The Balaban J connectivity index is 2.24. The van der Waals surface area contributed by atoms with Gasteiger partial charge in [0.15, 0.2) is 0 Å². The third-order valence-electron chi connectivity index (χ3n) is 2.19. The molecule has 1 rings (SSSR count). The fraction of sp³-hybridized carbons (Fsp3) is 0.750. The van der Waals surface area contributed by atoms with Gasteiger partial charge < -0.3 is 10.6 Å². The number of nitrogens with two attached hydrogens (primary N) is 1. The van der Waals surface area contributed by atoms with Crippen LogP contribution in [-0.4, -0.2) is 24.0 Å². The summed E-state index contributed by atoms with van der Waals surface area (Å²) in [5, 5.41) is 0. The quantitative estimate of drug-likeness (QED) is 0.614. The summed E-state index contributed by atoms with van der Waals surface area (Å²) in [6.07, 6.45) is 0. The molecule has 0 amide bonds. The van der Waals surface area contributed by atoms with Crippen molar-refractivity contribution in [1.82, 2.24) is 4.90 Å². The van der Waals surface area contributed by atoms with Crippen LogP contribution in [0.1, 0.15) is 13.8 Å². The van der Waals surface area contributed by atoms with Gasteiger partial charge in [0.2, 0.25) is 0 Å². The van der Waals surface area contributed by atoms with Crippen LogP contribution in [0, 0.1) is 5.92 Å². The highest BCUT2D eigenvalue weighted by atomic mass is 15.2. The van der Waals surface area contributed by atoms with E-state index < -0.39 is 0 Å². The molecular weight excluding hydrogens is 124 g/mol. The molecule has 1 atom stereocenters. The second-order valence-electron chi connectivity index (χ2n) is 3.26. The lowest BCUT2D eigenvalue weighted by Crippen LogP contribution is -2.52. The molecule has 0 saturated carbocycles. The van der Waals surface area contributed by atoms with Crippen LogP contribution in [0.2, 0.25) is 0 Å². The van der Waals surface area contributed by atoms with Crippen LogP contribution in [0.15, 0.2) is 12.3 Å². The van der Waals surface area contributed by atoms with Gasteiger partial charge in [-0.15, -0.1) is 0 Å². The Bertz CT molecular complexity index is 134. The summed E-state index contributed by atoms with van der Waals surface area (Å²) in [5.41, 5.74) is 6.87. The molecule has 0 aliphatic carbocycles. The maximum atomic E-state index is 5.70. The minimum Gasteiger partial charge on any atom is -0.375 e. The largest absolute Gasteiger partial charge is 0.375 e. The molecule has 1 unspecified atom stereocenters. The number of hydrogen-bond acceptors (Lipinski definition) is 2. The summed E-state index contributed by atoms with van der Waals surface area (Å²) in [4.78, 5) is 2.26. The standard InChI is InChI=1S/C8H16N2/c1-6(2)10-4-8(5-10)7(3)9/h7-8H,1,4-5,9H2,2-3H3. The van der Waals surface area contributed by atoms with Crippen molar-refractivity contribution in [3.63, 3.8) is 0 Å². The molecule has 0 aromatic rings. The molecule has 2 N–H and O–H groups in total. The molecule has 0 radical (unpaired) electrons. The zero-order chi connectivity index (χ0) is 7.72. The lowest BCUT2D eigenvalue weighted by atomic mass is 9.93. The predicted molar refractivity (Wildman–Crippen MR) is 43.5 cm³/mol. The van der Waals surface area contributed by atoms with E-state index in [1.807, 2.05) is 6.92 Å². The first kappa shape index (κ1) is 7.61. The van der Waals surface area contributed by atoms with E-state index in [-0.39, 0.29) is 0 Å². The van der Waals surface area contributed by atoms with Gasteiger partial charge in [-0.05, 0) is 13.8 Å². The first-order chi connectivity index (χ1) is 4.61. The Morgan fingerprint density at radius 3 is 2.50 bits per heavy atom. The molecule has 1 aliphatic rings. The molecule has 0 spiro atoms. The van der Waals surface area contributed by atoms with Gasteiger partial charge in [0.1, 0.15) is 0 Å². The Labute approximate surface area is 62.7 Å². The smallest absolute Gasteiger partial charge is 0.0234 e.